The molecule has 1 aromatic heterocycles. The van der Waals surface area contributed by atoms with Crippen molar-refractivity contribution in [3.05, 3.63) is 34.4 Å². The Morgan fingerprint density at radius 2 is 2.21 bits per heavy atom. The van der Waals surface area contributed by atoms with E-state index in [0.717, 1.165) is 15.4 Å². The SMILES string of the molecule is Nc1c(CO)cnc2ccc(Br)cc12. The van der Waals surface area contributed by atoms with Crippen LogP contribution < -0.4 is 5.73 Å². The summed E-state index contributed by atoms with van der Waals surface area (Å²) in [6, 6.07) is 5.70. The van der Waals surface area contributed by atoms with Crippen molar-refractivity contribution >= 4 is 32.5 Å². The van der Waals surface area contributed by atoms with Gasteiger partial charge in [-0.25, -0.2) is 0 Å². The first-order valence-corrected chi connectivity index (χ1v) is 4.95. The highest BCUT2D eigenvalue weighted by Gasteiger charge is 2.04. The topological polar surface area (TPSA) is 59.1 Å². The molecule has 72 valence electrons. The van der Waals surface area contributed by atoms with E-state index in [1.165, 1.54) is 0 Å². The van der Waals surface area contributed by atoms with E-state index in [1.54, 1.807) is 6.20 Å². The quantitative estimate of drug-likeness (QED) is 0.817. The van der Waals surface area contributed by atoms with Crippen LogP contribution in [0.1, 0.15) is 5.56 Å². The number of halogens is 1. The number of nitrogens with two attached hydrogens (primary N) is 1. The molecule has 0 saturated carbocycles. The van der Waals surface area contributed by atoms with Crippen LogP contribution in [0.5, 0.6) is 0 Å². The van der Waals surface area contributed by atoms with Crippen LogP contribution in [0.2, 0.25) is 0 Å². The second-order valence-corrected chi connectivity index (χ2v) is 3.93. The lowest BCUT2D eigenvalue weighted by atomic mass is 10.1. The zero-order valence-corrected chi connectivity index (χ0v) is 8.95. The molecule has 2 aromatic rings. The van der Waals surface area contributed by atoms with E-state index >= 15 is 0 Å². The number of aromatic nitrogens is 1. The zero-order chi connectivity index (χ0) is 10.1. The largest absolute Gasteiger partial charge is 0.398 e. The van der Waals surface area contributed by atoms with Gasteiger partial charge < -0.3 is 10.8 Å². The van der Waals surface area contributed by atoms with Gasteiger partial charge in [-0.3, -0.25) is 4.98 Å². The van der Waals surface area contributed by atoms with Gasteiger partial charge in [0.05, 0.1) is 12.1 Å². The molecule has 0 aliphatic rings. The third-order valence-electron chi connectivity index (χ3n) is 2.12. The van der Waals surface area contributed by atoms with Crippen LogP contribution >= 0.6 is 15.9 Å². The summed E-state index contributed by atoms with van der Waals surface area (Å²) in [5, 5.41) is 9.88. The number of rotatable bonds is 1. The van der Waals surface area contributed by atoms with Crippen LogP contribution in [0.25, 0.3) is 10.9 Å². The summed E-state index contributed by atoms with van der Waals surface area (Å²) >= 11 is 3.37. The van der Waals surface area contributed by atoms with Gasteiger partial charge in [-0.15, -0.1) is 0 Å². The number of hydrogen-bond donors (Lipinski definition) is 2. The number of nitrogens with zero attached hydrogens (tertiary/aromatic N) is 1. The predicted molar refractivity (Wildman–Crippen MR) is 59.8 cm³/mol. The number of hydrogen-bond acceptors (Lipinski definition) is 3. The van der Waals surface area contributed by atoms with Crippen molar-refractivity contribution in [1.29, 1.82) is 0 Å². The Kier molecular flexibility index (Phi) is 2.39. The smallest absolute Gasteiger partial charge is 0.0723 e. The van der Waals surface area contributed by atoms with E-state index in [9.17, 15) is 0 Å². The molecule has 0 spiro atoms. The first-order chi connectivity index (χ1) is 6.72. The van der Waals surface area contributed by atoms with Gasteiger partial charge in [-0.05, 0) is 18.2 Å². The monoisotopic (exact) mass is 252 g/mol. The Balaban J connectivity index is 2.79. The van der Waals surface area contributed by atoms with Crippen LogP contribution in [0, 0.1) is 0 Å². The highest BCUT2D eigenvalue weighted by atomic mass is 79.9. The molecule has 0 fully saturated rings. The summed E-state index contributed by atoms with van der Waals surface area (Å²) in [6.07, 6.45) is 1.60. The third kappa shape index (κ3) is 1.47. The average Bonchev–Trinajstić information content (AvgIpc) is 2.20. The third-order valence-corrected chi connectivity index (χ3v) is 2.62. The molecule has 0 atom stereocenters. The highest BCUT2D eigenvalue weighted by molar-refractivity contribution is 9.10. The van der Waals surface area contributed by atoms with Crippen molar-refractivity contribution in [2.45, 2.75) is 6.61 Å². The van der Waals surface area contributed by atoms with Gasteiger partial charge in [0.1, 0.15) is 0 Å². The Labute approximate surface area is 89.7 Å². The first kappa shape index (κ1) is 9.43. The summed E-state index contributed by atoms with van der Waals surface area (Å²) in [5.41, 5.74) is 7.97. The van der Waals surface area contributed by atoms with Crippen molar-refractivity contribution in [3.8, 4) is 0 Å². The van der Waals surface area contributed by atoms with Crippen molar-refractivity contribution in [2.24, 2.45) is 0 Å². The average molecular weight is 253 g/mol. The van der Waals surface area contributed by atoms with Gasteiger partial charge in [0, 0.05) is 27.3 Å². The number of fused-ring (bicyclic) bond motifs is 1. The number of aliphatic hydroxyl groups excluding tert-OH is 1. The number of aliphatic hydroxyl groups is 1. The Hall–Kier alpha value is -1.13. The lowest BCUT2D eigenvalue weighted by molar-refractivity contribution is 0.282. The van der Waals surface area contributed by atoms with Crippen LogP contribution in [0.15, 0.2) is 28.9 Å². The van der Waals surface area contributed by atoms with Gasteiger partial charge in [-0.1, -0.05) is 15.9 Å². The van der Waals surface area contributed by atoms with Crippen molar-refractivity contribution in [2.75, 3.05) is 5.73 Å². The lowest BCUT2D eigenvalue weighted by Crippen LogP contribution is -1.97. The molecule has 0 radical (unpaired) electrons. The van der Waals surface area contributed by atoms with E-state index in [4.69, 9.17) is 10.8 Å². The first-order valence-electron chi connectivity index (χ1n) is 4.16. The van der Waals surface area contributed by atoms with Crippen LogP contribution in [0.3, 0.4) is 0 Å². The fourth-order valence-corrected chi connectivity index (χ4v) is 1.71. The molecule has 0 bridgehead atoms. The van der Waals surface area contributed by atoms with Crippen molar-refractivity contribution in [3.63, 3.8) is 0 Å². The normalized spacial score (nSPS) is 10.7. The minimum absolute atomic E-state index is 0.0821. The lowest BCUT2D eigenvalue weighted by Gasteiger charge is -2.06. The van der Waals surface area contributed by atoms with Crippen molar-refractivity contribution < 1.29 is 5.11 Å². The van der Waals surface area contributed by atoms with E-state index in [1.807, 2.05) is 18.2 Å². The molecule has 0 saturated heterocycles. The summed E-state index contributed by atoms with van der Waals surface area (Å²) in [7, 11) is 0. The minimum atomic E-state index is -0.0821. The Bertz CT molecular complexity index is 485. The number of nitrogen functional groups attached to an aromatic ring is 1. The van der Waals surface area contributed by atoms with E-state index in [0.29, 0.717) is 11.3 Å². The Morgan fingerprint density at radius 3 is 2.93 bits per heavy atom. The molecule has 0 aliphatic carbocycles. The van der Waals surface area contributed by atoms with E-state index in [-0.39, 0.29) is 6.61 Å². The molecule has 0 unspecified atom stereocenters. The molecule has 0 amide bonds. The van der Waals surface area contributed by atoms with E-state index < -0.39 is 0 Å². The Morgan fingerprint density at radius 1 is 1.43 bits per heavy atom. The molecule has 14 heavy (non-hydrogen) atoms. The van der Waals surface area contributed by atoms with Gasteiger partial charge in [0.15, 0.2) is 0 Å². The molecule has 0 aliphatic heterocycles. The van der Waals surface area contributed by atoms with Gasteiger partial charge >= 0.3 is 0 Å². The predicted octanol–water partition coefficient (Wildman–Crippen LogP) is 2.07. The molecule has 4 heteroatoms. The standard InChI is InChI=1S/C10H9BrN2O/c11-7-1-2-9-8(3-7)10(12)6(5-14)4-13-9/h1-4,14H,5H2,(H2,12,13). The maximum Gasteiger partial charge on any atom is 0.0723 e. The molecule has 1 aromatic carbocycles. The fourth-order valence-electron chi connectivity index (χ4n) is 1.35. The van der Waals surface area contributed by atoms with Crippen LogP contribution in [-0.2, 0) is 6.61 Å². The zero-order valence-electron chi connectivity index (χ0n) is 7.37. The van der Waals surface area contributed by atoms with Crippen molar-refractivity contribution in [1.82, 2.24) is 4.98 Å². The summed E-state index contributed by atoms with van der Waals surface area (Å²) in [6.45, 7) is -0.0821. The maximum atomic E-state index is 9.02. The van der Waals surface area contributed by atoms with E-state index in [2.05, 4.69) is 20.9 Å². The molecular weight excluding hydrogens is 244 g/mol. The summed E-state index contributed by atoms with van der Waals surface area (Å²) in [5.74, 6) is 0. The number of pyridine rings is 1. The molecule has 1 heterocycles. The summed E-state index contributed by atoms with van der Waals surface area (Å²) < 4.78 is 0.952. The summed E-state index contributed by atoms with van der Waals surface area (Å²) in [4.78, 5) is 4.19. The molecule has 3 N–H and O–H groups in total. The second kappa shape index (κ2) is 3.55. The van der Waals surface area contributed by atoms with Gasteiger partial charge in [-0.2, -0.15) is 0 Å². The fraction of sp³-hybridized carbons (Fsp3) is 0.100. The second-order valence-electron chi connectivity index (χ2n) is 3.02. The molecular formula is C10H9BrN2O. The minimum Gasteiger partial charge on any atom is -0.398 e. The number of anilines is 1. The van der Waals surface area contributed by atoms with Gasteiger partial charge in [0.2, 0.25) is 0 Å². The maximum absolute atomic E-state index is 9.02. The molecule has 3 nitrogen and oxygen atoms in total. The van der Waals surface area contributed by atoms with Crippen LogP contribution in [0.4, 0.5) is 5.69 Å². The highest BCUT2D eigenvalue weighted by Crippen LogP contribution is 2.25. The molecule has 2 rings (SSSR count). The number of benzene rings is 1. The van der Waals surface area contributed by atoms with Gasteiger partial charge in [0.25, 0.3) is 0 Å². The van der Waals surface area contributed by atoms with Crippen LogP contribution in [-0.4, -0.2) is 10.1 Å².